The van der Waals surface area contributed by atoms with E-state index in [-0.39, 0.29) is 11.9 Å². The molecule has 0 aliphatic carbocycles. The molecule has 1 amide bonds. The molecule has 1 unspecified atom stereocenters. The summed E-state index contributed by atoms with van der Waals surface area (Å²) in [4.78, 5) is 11.9. The summed E-state index contributed by atoms with van der Waals surface area (Å²) in [5.41, 5.74) is 3.74. The zero-order valence-electron chi connectivity index (χ0n) is 9.79. The Labute approximate surface area is 96.2 Å². The summed E-state index contributed by atoms with van der Waals surface area (Å²) >= 11 is 0. The number of nitrogens with two attached hydrogens (primary N) is 1. The predicted octanol–water partition coefficient (Wildman–Crippen LogP) is 1.89. The molecule has 0 saturated heterocycles. The Balaban J connectivity index is 2.72. The van der Waals surface area contributed by atoms with Gasteiger partial charge >= 0.3 is 0 Å². The molecule has 0 heterocycles. The van der Waals surface area contributed by atoms with Gasteiger partial charge in [-0.2, -0.15) is 0 Å². The Morgan fingerprint density at radius 3 is 2.75 bits per heavy atom. The summed E-state index contributed by atoms with van der Waals surface area (Å²) in [6.45, 7) is 4.10. The number of carbonyl (C=O) groups excluding carboxylic acids is 1. The second-order valence-corrected chi connectivity index (χ2v) is 3.85. The molecule has 0 radical (unpaired) electrons. The molecule has 0 saturated carbocycles. The van der Waals surface area contributed by atoms with Gasteiger partial charge in [0.1, 0.15) is 0 Å². The minimum Gasteiger partial charge on any atom is -0.350 e. The van der Waals surface area contributed by atoms with Gasteiger partial charge in [0.15, 0.2) is 0 Å². The molecule has 0 bridgehead atoms. The van der Waals surface area contributed by atoms with Crippen LogP contribution in [-0.4, -0.2) is 11.9 Å². The Hall–Kier alpha value is -1.55. The average molecular weight is 221 g/mol. The number of anilines is 1. The van der Waals surface area contributed by atoms with Crippen LogP contribution in [0, 0.1) is 0 Å². The molecule has 1 rings (SSSR count). The molecule has 1 aromatic carbocycles. The molecule has 0 aromatic heterocycles. The maximum absolute atomic E-state index is 11.9. The lowest BCUT2D eigenvalue weighted by molar-refractivity contribution is 0.0939. The molecule has 0 fully saturated rings. The first-order valence-electron chi connectivity index (χ1n) is 5.55. The van der Waals surface area contributed by atoms with E-state index in [1.165, 1.54) is 0 Å². The van der Waals surface area contributed by atoms with Gasteiger partial charge in [-0.05, 0) is 25.5 Å². The summed E-state index contributed by atoms with van der Waals surface area (Å²) < 4.78 is 0. The lowest BCUT2D eigenvalue weighted by atomic mass is 10.1. The molecular formula is C12H19N3O. The first kappa shape index (κ1) is 12.5. The van der Waals surface area contributed by atoms with Gasteiger partial charge in [0.25, 0.3) is 5.91 Å². The standard InChI is InChI=1S/C12H19N3O/c1-3-6-9(2)14-12(16)10-7-4-5-8-11(10)15-13/h4-5,7-9,15H,3,6,13H2,1-2H3,(H,14,16). The van der Waals surface area contributed by atoms with Gasteiger partial charge < -0.3 is 10.7 Å². The minimum atomic E-state index is -0.0884. The van der Waals surface area contributed by atoms with Crippen LogP contribution in [0.2, 0.25) is 0 Å². The second kappa shape index (κ2) is 6.12. The lowest BCUT2D eigenvalue weighted by Crippen LogP contribution is -2.33. The third kappa shape index (κ3) is 3.24. The molecule has 0 aliphatic rings. The number of amides is 1. The van der Waals surface area contributed by atoms with E-state index in [1.54, 1.807) is 12.1 Å². The fraction of sp³-hybridized carbons (Fsp3) is 0.417. The highest BCUT2D eigenvalue weighted by Gasteiger charge is 2.12. The fourth-order valence-electron chi connectivity index (χ4n) is 1.61. The molecule has 1 aromatic rings. The van der Waals surface area contributed by atoms with E-state index in [2.05, 4.69) is 17.7 Å². The fourth-order valence-corrected chi connectivity index (χ4v) is 1.61. The van der Waals surface area contributed by atoms with Crippen molar-refractivity contribution in [1.29, 1.82) is 0 Å². The summed E-state index contributed by atoms with van der Waals surface area (Å²) in [6, 6.07) is 7.37. The molecular weight excluding hydrogens is 202 g/mol. The SMILES string of the molecule is CCCC(C)NC(=O)c1ccccc1NN. The zero-order valence-corrected chi connectivity index (χ0v) is 9.79. The van der Waals surface area contributed by atoms with Crippen molar-refractivity contribution in [2.24, 2.45) is 5.84 Å². The Bertz CT molecular complexity index is 352. The van der Waals surface area contributed by atoms with Crippen LogP contribution in [0.15, 0.2) is 24.3 Å². The van der Waals surface area contributed by atoms with Crippen LogP contribution >= 0.6 is 0 Å². The number of rotatable bonds is 5. The maximum atomic E-state index is 11.9. The van der Waals surface area contributed by atoms with Gasteiger partial charge in [-0.1, -0.05) is 25.5 Å². The number of nitrogen functional groups attached to an aromatic ring is 1. The van der Waals surface area contributed by atoms with Crippen LogP contribution in [0.4, 0.5) is 5.69 Å². The van der Waals surface area contributed by atoms with E-state index in [4.69, 9.17) is 5.84 Å². The van der Waals surface area contributed by atoms with Gasteiger partial charge in [0.2, 0.25) is 0 Å². The molecule has 4 heteroatoms. The van der Waals surface area contributed by atoms with Crippen LogP contribution in [0.1, 0.15) is 37.0 Å². The monoisotopic (exact) mass is 221 g/mol. The molecule has 4 nitrogen and oxygen atoms in total. The van der Waals surface area contributed by atoms with E-state index in [1.807, 2.05) is 19.1 Å². The zero-order chi connectivity index (χ0) is 12.0. The summed E-state index contributed by atoms with van der Waals surface area (Å²) in [5, 5.41) is 2.94. The van der Waals surface area contributed by atoms with E-state index in [0.717, 1.165) is 12.8 Å². The number of hydrogen-bond donors (Lipinski definition) is 3. The van der Waals surface area contributed by atoms with Gasteiger partial charge in [-0.25, -0.2) is 0 Å². The number of benzene rings is 1. The third-order valence-corrected chi connectivity index (χ3v) is 2.43. The van der Waals surface area contributed by atoms with Gasteiger partial charge in [0, 0.05) is 6.04 Å². The van der Waals surface area contributed by atoms with Crippen LogP contribution < -0.4 is 16.6 Å². The van der Waals surface area contributed by atoms with Gasteiger partial charge in [-0.15, -0.1) is 0 Å². The van der Waals surface area contributed by atoms with Crippen LogP contribution in [0.25, 0.3) is 0 Å². The molecule has 16 heavy (non-hydrogen) atoms. The predicted molar refractivity (Wildman–Crippen MR) is 66.1 cm³/mol. The smallest absolute Gasteiger partial charge is 0.253 e. The van der Waals surface area contributed by atoms with Crippen LogP contribution in [0.3, 0.4) is 0 Å². The highest BCUT2D eigenvalue weighted by molar-refractivity contribution is 5.99. The summed E-state index contributed by atoms with van der Waals surface area (Å²) in [7, 11) is 0. The van der Waals surface area contributed by atoms with Crippen LogP contribution in [0.5, 0.6) is 0 Å². The van der Waals surface area contributed by atoms with Crippen molar-refractivity contribution < 1.29 is 4.79 Å². The number of carbonyl (C=O) groups is 1. The second-order valence-electron chi connectivity index (χ2n) is 3.85. The highest BCUT2D eigenvalue weighted by Crippen LogP contribution is 2.13. The first-order chi connectivity index (χ1) is 7.69. The first-order valence-corrected chi connectivity index (χ1v) is 5.55. The Morgan fingerprint density at radius 1 is 1.44 bits per heavy atom. The largest absolute Gasteiger partial charge is 0.350 e. The van der Waals surface area contributed by atoms with Crippen molar-refractivity contribution >= 4 is 11.6 Å². The molecule has 0 spiro atoms. The minimum absolute atomic E-state index is 0.0884. The van der Waals surface area contributed by atoms with Gasteiger partial charge in [-0.3, -0.25) is 10.6 Å². The highest BCUT2D eigenvalue weighted by atomic mass is 16.1. The topological polar surface area (TPSA) is 67.2 Å². The number of hydrazine groups is 1. The molecule has 1 atom stereocenters. The van der Waals surface area contributed by atoms with E-state index in [9.17, 15) is 4.79 Å². The van der Waals surface area contributed by atoms with Crippen molar-refractivity contribution in [1.82, 2.24) is 5.32 Å². The van der Waals surface area contributed by atoms with E-state index in [0.29, 0.717) is 11.3 Å². The van der Waals surface area contributed by atoms with E-state index < -0.39 is 0 Å². The summed E-state index contributed by atoms with van der Waals surface area (Å²) in [6.07, 6.45) is 2.03. The number of hydrogen-bond acceptors (Lipinski definition) is 3. The van der Waals surface area contributed by atoms with Crippen LogP contribution in [-0.2, 0) is 0 Å². The third-order valence-electron chi connectivity index (χ3n) is 2.43. The van der Waals surface area contributed by atoms with Gasteiger partial charge in [0.05, 0.1) is 11.3 Å². The maximum Gasteiger partial charge on any atom is 0.253 e. The number of para-hydroxylation sites is 1. The van der Waals surface area contributed by atoms with Crippen molar-refractivity contribution in [2.45, 2.75) is 32.7 Å². The molecule has 0 aliphatic heterocycles. The number of nitrogens with one attached hydrogen (secondary N) is 2. The Kier molecular flexibility index (Phi) is 4.79. The molecule has 88 valence electrons. The van der Waals surface area contributed by atoms with Crippen molar-refractivity contribution in [3.63, 3.8) is 0 Å². The average Bonchev–Trinajstić information content (AvgIpc) is 2.29. The quantitative estimate of drug-likeness (QED) is 0.525. The normalized spacial score (nSPS) is 11.9. The van der Waals surface area contributed by atoms with Crippen molar-refractivity contribution in [2.75, 3.05) is 5.43 Å². The van der Waals surface area contributed by atoms with E-state index >= 15 is 0 Å². The molecule has 4 N–H and O–H groups in total. The Morgan fingerprint density at radius 2 is 2.12 bits per heavy atom. The van der Waals surface area contributed by atoms with Crippen molar-refractivity contribution in [3.05, 3.63) is 29.8 Å². The lowest BCUT2D eigenvalue weighted by Gasteiger charge is -2.14. The summed E-state index contributed by atoms with van der Waals surface area (Å²) in [5.74, 6) is 5.26. The van der Waals surface area contributed by atoms with Crippen molar-refractivity contribution in [3.8, 4) is 0 Å².